The Hall–Kier alpha value is -1.26. The molecule has 0 bridgehead atoms. The number of nitrogen functional groups attached to an aromatic ring is 1. The van der Waals surface area contributed by atoms with Crippen LogP contribution in [0.3, 0.4) is 0 Å². The van der Waals surface area contributed by atoms with Crippen LogP contribution in [0.5, 0.6) is 0 Å². The molecule has 1 aromatic carbocycles. The summed E-state index contributed by atoms with van der Waals surface area (Å²) in [5, 5.41) is 1.54. The van der Waals surface area contributed by atoms with E-state index in [1.165, 1.54) is 24.2 Å². The van der Waals surface area contributed by atoms with Crippen LogP contribution >= 0.6 is 22.9 Å². The lowest BCUT2D eigenvalue weighted by Crippen LogP contribution is -2.33. The minimum absolute atomic E-state index is 0.0681. The molecule has 21 heavy (non-hydrogen) atoms. The third kappa shape index (κ3) is 3.01. The molecule has 3 rings (SSSR count). The summed E-state index contributed by atoms with van der Waals surface area (Å²) in [5.41, 5.74) is 6.76. The number of nitrogens with zero attached hydrogens (tertiary/aromatic N) is 1. The third-order valence-corrected chi connectivity index (χ3v) is 5.25. The molecule has 0 aliphatic heterocycles. The average molecular weight is 323 g/mol. The molecular formula is C16H19ClN2OS. The number of fused-ring (bicyclic) bond motifs is 1. The largest absolute Gasteiger partial charge is 0.397 e. The Morgan fingerprint density at radius 1 is 1.48 bits per heavy atom. The summed E-state index contributed by atoms with van der Waals surface area (Å²) >= 11 is 7.49. The first kappa shape index (κ1) is 14.7. The van der Waals surface area contributed by atoms with Crippen molar-refractivity contribution in [1.82, 2.24) is 4.90 Å². The van der Waals surface area contributed by atoms with Crippen LogP contribution in [0.4, 0.5) is 5.69 Å². The first-order valence-corrected chi connectivity index (χ1v) is 8.56. The van der Waals surface area contributed by atoms with E-state index < -0.39 is 0 Å². The summed E-state index contributed by atoms with van der Waals surface area (Å²) in [4.78, 5) is 15.4. The average Bonchev–Trinajstić information content (AvgIpc) is 3.22. The molecule has 2 N–H and O–H groups in total. The van der Waals surface area contributed by atoms with E-state index in [0.29, 0.717) is 21.5 Å². The number of hydrogen-bond donors (Lipinski definition) is 1. The van der Waals surface area contributed by atoms with Gasteiger partial charge in [0.05, 0.1) is 5.69 Å². The van der Waals surface area contributed by atoms with Gasteiger partial charge in [-0.3, -0.25) is 4.79 Å². The molecule has 1 aliphatic carbocycles. The number of amides is 1. The molecular weight excluding hydrogens is 304 g/mol. The fourth-order valence-corrected chi connectivity index (χ4v) is 3.79. The van der Waals surface area contributed by atoms with Crippen LogP contribution < -0.4 is 5.73 Å². The van der Waals surface area contributed by atoms with Crippen molar-refractivity contribution in [2.24, 2.45) is 5.92 Å². The standard InChI is InChI=1S/C16H19ClN2OS/c1-2-7-19(9-10-3-4-10)16(20)15-14(18)12-8-11(17)5-6-13(12)21-15/h5-6,8,10H,2-4,7,9,18H2,1H3. The number of carbonyl (C=O) groups excluding carboxylic acids is 1. The summed E-state index contributed by atoms with van der Waals surface area (Å²) in [7, 11) is 0. The summed E-state index contributed by atoms with van der Waals surface area (Å²) in [5.74, 6) is 0.754. The van der Waals surface area contributed by atoms with E-state index in [1.807, 2.05) is 23.1 Å². The summed E-state index contributed by atoms with van der Waals surface area (Å²) in [6.07, 6.45) is 3.45. The van der Waals surface area contributed by atoms with Crippen LogP contribution in [0, 0.1) is 5.92 Å². The smallest absolute Gasteiger partial charge is 0.266 e. The highest BCUT2D eigenvalue weighted by Crippen LogP contribution is 2.37. The van der Waals surface area contributed by atoms with Gasteiger partial charge >= 0.3 is 0 Å². The molecule has 3 nitrogen and oxygen atoms in total. The number of anilines is 1. The maximum absolute atomic E-state index is 12.8. The van der Waals surface area contributed by atoms with E-state index in [9.17, 15) is 4.79 Å². The Morgan fingerprint density at radius 3 is 2.90 bits per heavy atom. The van der Waals surface area contributed by atoms with Gasteiger partial charge < -0.3 is 10.6 Å². The van der Waals surface area contributed by atoms with E-state index in [2.05, 4.69) is 6.92 Å². The molecule has 1 amide bonds. The van der Waals surface area contributed by atoms with E-state index in [0.717, 1.165) is 29.6 Å². The van der Waals surface area contributed by atoms with Crippen molar-refractivity contribution in [2.75, 3.05) is 18.8 Å². The summed E-state index contributed by atoms with van der Waals surface area (Å²) in [6, 6.07) is 5.60. The number of benzene rings is 1. The Bertz CT molecular complexity index is 678. The van der Waals surface area contributed by atoms with Crippen molar-refractivity contribution in [3.8, 4) is 0 Å². The predicted octanol–water partition coefficient (Wildman–Crippen LogP) is 4.40. The quantitative estimate of drug-likeness (QED) is 0.886. The monoisotopic (exact) mass is 322 g/mol. The van der Waals surface area contributed by atoms with Crippen LogP contribution in [0.2, 0.25) is 5.02 Å². The highest BCUT2D eigenvalue weighted by molar-refractivity contribution is 7.21. The highest BCUT2D eigenvalue weighted by atomic mass is 35.5. The van der Waals surface area contributed by atoms with Crippen LogP contribution in [0.25, 0.3) is 10.1 Å². The fourth-order valence-electron chi connectivity index (χ4n) is 2.55. The minimum Gasteiger partial charge on any atom is -0.397 e. The lowest BCUT2D eigenvalue weighted by Gasteiger charge is -2.21. The number of halogens is 1. The molecule has 0 atom stereocenters. The van der Waals surface area contributed by atoms with Crippen LogP contribution in [0.15, 0.2) is 18.2 Å². The van der Waals surface area contributed by atoms with Crippen molar-refractivity contribution in [3.63, 3.8) is 0 Å². The second-order valence-corrected chi connectivity index (χ2v) is 7.17. The van der Waals surface area contributed by atoms with E-state index in [-0.39, 0.29) is 5.91 Å². The Kier molecular flexibility index (Phi) is 4.09. The second kappa shape index (κ2) is 5.85. The van der Waals surface area contributed by atoms with Crippen LogP contribution in [-0.4, -0.2) is 23.9 Å². The summed E-state index contributed by atoms with van der Waals surface area (Å²) < 4.78 is 1.02. The first-order chi connectivity index (χ1) is 10.1. The van der Waals surface area contributed by atoms with Crippen LogP contribution in [0.1, 0.15) is 35.9 Å². The summed E-state index contributed by atoms with van der Waals surface area (Å²) in [6.45, 7) is 3.76. The fraction of sp³-hybridized carbons (Fsp3) is 0.438. The molecule has 5 heteroatoms. The molecule has 112 valence electrons. The van der Waals surface area contributed by atoms with Crippen molar-refractivity contribution in [3.05, 3.63) is 28.1 Å². The van der Waals surface area contributed by atoms with Crippen molar-refractivity contribution in [1.29, 1.82) is 0 Å². The molecule has 0 saturated heterocycles. The maximum atomic E-state index is 12.8. The SMILES string of the molecule is CCCN(CC1CC1)C(=O)c1sc2ccc(Cl)cc2c1N. The molecule has 1 fully saturated rings. The number of rotatable bonds is 5. The molecule has 2 aromatic rings. The van der Waals surface area contributed by atoms with E-state index in [4.69, 9.17) is 17.3 Å². The van der Waals surface area contributed by atoms with Gasteiger partial charge in [-0.1, -0.05) is 18.5 Å². The maximum Gasteiger partial charge on any atom is 0.266 e. The number of thiophene rings is 1. The zero-order valence-corrected chi connectivity index (χ0v) is 13.6. The number of nitrogens with two attached hydrogens (primary N) is 1. The third-order valence-electron chi connectivity index (χ3n) is 3.84. The van der Waals surface area contributed by atoms with Gasteiger partial charge in [-0.15, -0.1) is 11.3 Å². The van der Waals surface area contributed by atoms with Crippen molar-refractivity contribution in [2.45, 2.75) is 26.2 Å². The Labute approximate surface area is 133 Å². The van der Waals surface area contributed by atoms with Gasteiger partial charge in [-0.25, -0.2) is 0 Å². The van der Waals surface area contributed by atoms with Gasteiger partial charge in [0.15, 0.2) is 0 Å². The normalized spacial score (nSPS) is 14.6. The first-order valence-electron chi connectivity index (χ1n) is 7.37. The second-order valence-electron chi connectivity index (χ2n) is 5.68. The lowest BCUT2D eigenvalue weighted by molar-refractivity contribution is 0.0753. The predicted molar refractivity (Wildman–Crippen MR) is 90.2 cm³/mol. The molecule has 1 aliphatic rings. The lowest BCUT2D eigenvalue weighted by atomic mass is 10.2. The van der Waals surface area contributed by atoms with Gasteiger partial charge in [0.25, 0.3) is 5.91 Å². The minimum atomic E-state index is 0.0681. The zero-order chi connectivity index (χ0) is 15.0. The molecule has 0 radical (unpaired) electrons. The van der Waals surface area contributed by atoms with Gasteiger partial charge in [-0.05, 0) is 43.4 Å². The molecule has 1 aromatic heterocycles. The molecule has 1 saturated carbocycles. The zero-order valence-electron chi connectivity index (χ0n) is 12.1. The number of carbonyl (C=O) groups is 1. The highest BCUT2D eigenvalue weighted by Gasteiger charge is 2.28. The van der Waals surface area contributed by atoms with E-state index >= 15 is 0 Å². The van der Waals surface area contributed by atoms with Crippen molar-refractivity contribution >= 4 is 44.6 Å². The Balaban J connectivity index is 1.93. The van der Waals surface area contributed by atoms with E-state index in [1.54, 1.807) is 0 Å². The van der Waals surface area contributed by atoms with Gasteiger partial charge in [0.1, 0.15) is 4.88 Å². The molecule has 0 unspecified atom stereocenters. The number of hydrogen-bond acceptors (Lipinski definition) is 3. The van der Waals surface area contributed by atoms with Crippen molar-refractivity contribution < 1.29 is 4.79 Å². The topological polar surface area (TPSA) is 46.3 Å². The Morgan fingerprint density at radius 2 is 2.24 bits per heavy atom. The molecule has 0 spiro atoms. The van der Waals surface area contributed by atoms with Gasteiger partial charge in [0.2, 0.25) is 0 Å². The van der Waals surface area contributed by atoms with Crippen LogP contribution in [-0.2, 0) is 0 Å². The van der Waals surface area contributed by atoms with Gasteiger partial charge in [0, 0.05) is 28.2 Å². The van der Waals surface area contributed by atoms with Gasteiger partial charge in [-0.2, -0.15) is 0 Å². The molecule has 1 heterocycles.